The van der Waals surface area contributed by atoms with Crippen molar-refractivity contribution in [3.8, 4) is 0 Å². The van der Waals surface area contributed by atoms with Gasteiger partial charge in [-0.15, -0.1) is 0 Å². The molecule has 0 unspecified atom stereocenters. The van der Waals surface area contributed by atoms with Gasteiger partial charge in [0.05, 0.1) is 0 Å². The van der Waals surface area contributed by atoms with Crippen LogP contribution in [0.15, 0.2) is 0 Å². The van der Waals surface area contributed by atoms with Crippen molar-refractivity contribution in [2.24, 2.45) is 0 Å². The fourth-order valence-corrected chi connectivity index (χ4v) is 2.38. The van der Waals surface area contributed by atoms with Crippen LogP contribution < -0.4 is 5.32 Å². The summed E-state index contributed by atoms with van der Waals surface area (Å²) in [7, 11) is 3.88. The van der Waals surface area contributed by atoms with Crippen LogP contribution in [0.1, 0.15) is 12.8 Å². The molecule has 2 saturated heterocycles. The zero-order valence-electron chi connectivity index (χ0n) is 10.5. The summed E-state index contributed by atoms with van der Waals surface area (Å²) in [4.78, 5) is 28.8. The average Bonchev–Trinajstić information content (AvgIpc) is 2.74. The molecule has 0 bridgehead atoms. The number of nitrogens with zero attached hydrogens (tertiary/aromatic N) is 3. The summed E-state index contributed by atoms with van der Waals surface area (Å²) in [6, 6.07) is -0.184. The van der Waals surface area contributed by atoms with E-state index in [-0.39, 0.29) is 18.1 Å². The highest BCUT2D eigenvalue weighted by molar-refractivity contribution is 5.94. The number of rotatable bonds is 1. The van der Waals surface area contributed by atoms with Gasteiger partial charge in [-0.1, -0.05) is 0 Å². The number of amides is 4. The minimum atomic E-state index is -0.269. The van der Waals surface area contributed by atoms with Gasteiger partial charge < -0.3 is 15.1 Å². The lowest BCUT2D eigenvalue weighted by molar-refractivity contribution is 0.129. The molecule has 96 valence electrons. The zero-order chi connectivity index (χ0) is 12.4. The number of carbonyl (C=O) groups excluding carboxylic acids is 2. The molecule has 6 heteroatoms. The molecule has 2 fully saturated rings. The van der Waals surface area contributed by atoms with E-state index in [1.807, 2.05) is 0 Å². The largest absolute Gasteiger partial charge is 0.336 e. The molecule has 0 aromatic carbocycles. The van der Waals surface area contributed by atoms with Gasteiger partial charge in [0.2, 0.25) is 0 Å². The van der Waals surface area contributed by atoms with Crippen LogP contribution >= 0.6 is 0 Å². The van der Waals surface area contributed by atoms with Gasteiger partial charge >= 0.3 is 12.1 Å². The Hall–Kier alpha value is -1.30. The van der Waals surface area contributed by atoms with E-state index in [2.05, 4.69) is 17.3 Å². The molecule has 2 heterocycles. The quantitative estimate of drug-likeness (QED) is 0.710. The molecular formula is C11H20N4O2. The number of imide groups is 1. The predicted octanol–water partition coefficient (Wildman–Crippen LogP) is 0.158. The highest BCUT2D eigenvalue weighted by Crippen LogP contribution is 2.16. The topological polar surface area (TPSA) is 55.9 Å². The van der Waals surface area contributed by atoms with Crippen LogP contribution in [0.4, 0.5) is 9.59 Å². The van der Waals surface area contributed by atoms with Crippen LogP contribution in [-0.2, 0) is 0 Å². The Labute approximate surface area is 102 Å². The fraction of sp³-hybridized carbons (Fsp3) is 0.818. The minimum absolute atomic E-state index is 0.172. The normalized spacial score (nSPS) is 22.7. The summed E-state index contributed by atoms with van der Waals surface area (Å²) in [6.07, 6.45) is 1.96. The molecule has 2 rings (SSSR count). The van der Waals surface area contributed by atoms with E-state index in [1.54, 1.807) is 11.9 Å². The van der Waals surface area contributed by atoms with Crippen molar-refractivity contribution in [3.63, 3.8) is 0 Å². The maximum absolute atomic E-state index is 12.1. The highest BCUT2D eigenvalue weighted by Gasteiger charge is 2.32. The van der Waals surface area contributed by atoms with Gasteiger partial charge in [0, 0.05) is 26.2 Å². The molecule has 17 heavy (non-hydrogen) atoms. The molecule has 0 radical (unpaired) electrons. The molecular weight excluding hydrogens is 220 g/mol. The van der Waals surface area contributed by atoms with Gasteiger partial charge in [0.25, 0.3) is 0 Å². The Kier molecular flexibility index (Phi) is 3.51. The first kappa shape index (κ1) is 12.2. The van der Waals surface area contributed by atoms with Crippen LogP contribution in [0.2, 0.25) is 0 Å². The van der Waals surface area contributed by atoms with E-state index in [9.17, 15) is 9.59 Å². The number of nitrogens with one attached hydrogen (secondary N) is 1. The molecule has 1 N–H and O–H groups in total. The highest BCUT2D eigenvalue weighted by atomic mass is 16.2. The molecule has 0 spiro atoms. The summed E-state index contributed by atoms with van der Waals surface area (Å²) in [5.41, 5.74) is 0. The maximum Gasteiger partial charge on any atom is 0.328 e. The van der Waals surface area contributed by atoms with E-state index < -0.39 is 0 Å². The molecule has 2 aliphatic heterocycles. The lowest BCUT2D eigenvalue weighted by Gasteiger charge is -2.36. The molecule has 4 amide bonds. The van der Waals surface area contributed by atoms with Crippen LogP contribution in [-0.4, -0.2) is 73.1 Å². The fourth-order valence-electron chi connectivity index (χ4n) is 2.38. The van der Waals surface area contributed by atoms with Crippen molar-refractivity contribution in [3.05, 3.63) is 0 Å². The number of urea groups is 2. The standard InChI is InChI=1S/C11H20N4O2/c1-13-6-3-9(4-7-13)14(2)11(17)15-8-5-12-10(15)16/h9H,3-8H2,1-2H3,(H,12,16). The van der Waals surface area contributed by atoms with Gasteiger partial charge in [-0.05, 0) is 33.0 Å². The number of carbonyl (C=O) groups is 2. The first-order valence-corrected chi connectivity index (χ1v) is 6.10. The zero-order valence-corrected chi connectivity index (χ0v) is 10.5. The van der Waals surface area contributed by atoms with Gasteiger partial charge in [0.15, 0.2) is 0 Å². The smallest absolute Gasteiger partial charge is 0.328 e. The lowest BCUT2D eigenvalue weighted by atomic mass is 10.0. The number of likely N-dealkylation sites (tertiary alicyclic amines) is 1. The van der Waals surface area contributed by atoms with Crippen LogP contribution in [0, 0.1) is 0 Å². The van der Waals surface area contributed by atoms with Gasteiger partial charge in [-0.25, -0.2) is 14.5 Å². The monoisotopic (exact) mass is 240 g/mol. The molecule has 2 aliphatic rings. The second kappa shape index (κ2) is 4.91. The van der Waals surface area contributed by atoms with Crippen molar-refractivity contribution in [2.75, 3.05) is 40.3 Å². The van der Waals surface area contributed by atoms with E-state index in [0.29, 0.717) is 13.1 Å². The Balaban J connectivity index is 1.92. The van der Waals surface area contributed by atoms with Crippen LogP contribution in [0.25, 0.3) is 0 Å². The molecule has 0 aliphatic carbocycles. The van der Waals surface area contributed by atoms with Crippen molar-refractivity contribution < 1.29 is 9.59 Å². The molecule has 0 atom stereocenters. The summed E-state index contributed by atoms with van der Waals surface area (Å²) in [5.74, 6) is 0. The first-order valence-electron chi connectivity index (χ1n) is 6.10. The van der Waals surface area contributed by atoms with Gasteiger partial charge in [0.1, 0.15) is 0 Å². The Morgan fingerprint density at radius 3 is 2.53 bits per heavy atom. The summed E-state index contributed by atoms with van der Waals surface area (Å²) >= 11 is 0. The molecule has 0 aromatic heterocycles. The number of hydrogen-bond acceptors (Lipinski definition) is 3. The predicted molar refractivity (Wildman–Crippen MR) is 63.8 cm³/mol. The summed E-state index contributed by atoms with van der Waals surface area (Å²) in [6.45, 7) is 3.06. The SMILES string of the molecule is CN1CCC(N(C)C(=O)N2CCNC2=O)CC1. The summed E-state index contributed by atoms with van der Waals surface area (Å²) in [5, 5.41) is 2.65. The van der Waals surface area contributed by atoms with Gasteiger partial charge in [-0.3, -0.25) is 0 Å². The second-order valence-electron chi connectivity index (χ2n) is 4.81. The molecule has 6 nitrogen and oxygen atoms in total. The second-order valence-corrected chi connectivity index (χ2v) is 4.81. The van der Waals surface area contributed by atoms with E-state index in [4.69, 9.17) is 0 Å². The van der Waals surface area contributed by atoms with Gasteiger partial charge in [-0.2, -0.15) is 0 Å². The average molecular weight is 240 g/mol. The third-order valence-corrected chi connectivity index (χ3v) is 3.63. The lowest BCUT2D eigenvalue weighted by Crippen LogP contribution is -2.50. The Bertz CT molecular complexity index is 313. The van der Waals surface area contributed by atoms with E-state index in [1.165, 1.54) is 4.90 Å². The minimum Gasteiger partial charge on any atom is -0.336 e. The van der Waals surface area contributed by atoms with E-state index in [0.717, 1.165) is 25.9 Å². The Morgan fingerprint density at radius 2 is 2.00 bits per heavy atom. The third-order valence-electron chi connectivity index (χ3n) is 3.63. The van der Waals surface area contributed by atoms with Crippen molar-refractivity contribution in [1.82, 2.24) is 20.0 Å². The number of hydrogen-bond donors (Lipinski definition) is 1. The third kappa shape index (κ3) is 2.52. The maximum atomic E-state index is 12.1. The van der Waals surface area contributed by atoms with Crippen molar-refractivity contribution in [1.29, 1.82) is 0 Å². The van der Waals surface area contributed by atoms with Crippen LogP contribution in [0.3, 0.4) is 0 Å². The van der Waals surface area contributed by atoms with E-state index >= 15 is 0 Å². The van der Waals surface area contributed by atoms with Crippen molar-refractivity contribution in [2.45, 2.75) is 18.9 Å². The summed E-state index contributed by atoms with van der Waals surface area (Å²) < 4.78 is 0. The first-order chi connectivity index (χ1) is 8.09. The van der Waals surface area contributed by atoms with Crippen LogP contribution in [0.5, 0.6) is 0 Å². The Morgan fingerprint density at radius 1 is 1.35 bits per heavy atom. The molecule has 0 aromatic rings. The number of piperidine rings is 1. The molecule has 0 saturated carbocycles. The van der Waals surface area contributed by atoms with Crippen molar-refractivity contribution >= 4 is 12.1 Å².